The van der Waals surface area contributed by atoms with Gasteiger partial charge in [0.15, 0.2) is 0 Å². The molecule has 2 aromatic carbocycles. The van der Waals surface area contributed by atoms with Gasteiger partial charge in [0.05, 0.1) is 0 Å². The fourth-order valence-corrected chi connectivity index (χ4v) is 2.43. The first kappa shape index (κ1) is 14.4. The van der Waals surface area contributed by atoms with Crippen LogP contribution in [0.1, 0.15) is 24.5 Å². The molecule has 1 nitrogen and oxygen atoms in total. The lowest BCUT2D eigenvalue weighted by Gasteiger charge is -2.12. The molecule has 0 aromatic heterocycles. The van der Waals surface area contributed by atoms with Crippen LogP contribution in [0.4, 0.5) is 4.39 Å². The molecule has 0 spiro atoms. The van der Waals surface area contributed by atoms with E-state index >= 15 is 0 Å². The second-order valence-electron chi connectivity index (χ2n) is 5.41. The maximum atomic E-state index is 12.8. The van der Waals surface area contributed by atoms with Gasteiger partial charge in [0.25, 0.3) is 0 Å². The molecule has 0 aliphatic heterocycles. The normalized spacial score (nSPS) is 12.1. The number of hydrogen-bond acceptors (Lipinski definition) is 1. The Balaban J connectivity index is 1.83. The van der Waals surface area contributed by atoms with Gasteiger partial charge in [-0.05, 0) is 42.0 Å². The minimum atomic E-state index is -0.196. The molecule has 0 radical (unpaired) electrons. The molecule has 20 heavy (non-hydrogen) atoms. The second kappa shape index (κ2) is 6.99. The zero-order valence-corrected chi connectivity index (χ0v) is 11.8. The Kier molecular flexibility index (Phi) is 5.05. The minimum absolute atomic E-state index is 0.196. The molecule has 0 amide bonds. The van der Waals surface area contributed by atoms with Gasteiger partial charge in [0, 0.05) is 12.1 Å². The smallest absolute Gasteiger partial charge is 0.123 e. The highest BCUT2D eigenvalue weighted by molar-refractivity contribution is 5.83. The number of benzene rings is 2. The zero-order chi connectivity index (χ0) is 14.4. The highest BCUT2D eigenvalue weighted by atomic mass is 19.1. The van der Waals surface area contributed by atoms with E-state index in [0.717, 1.165) is 24.1 Å². The Morgan fingerprint density at radius 3 is 2.30 bits per heavy atom. The summed E-state index contributed by atoms with van der Waals surface area (Å²) in [5.41, 5.74) is 3.07. The van der Waals surface area contributed by atoms with Crippen LogP contribution in [-0.2, 0) is 12.8 Å². The molecule has 1 atom stereocenters. The van der Waals surface area contributed by atoms with Gasteiger partial charge in [-0.15, -0.1) is 0 Å². The first-order chi connectivity index (χ1) is 9.63. The van der Waals surface area contributed by atoms with Gasteiger partial charge in [-0.2, -0.15) is 0 Å². The molecule has 0 aliphatic rings. The van der Waals surface area contributed by atoms with Gasteiger partial charge in [0.1, 0.15) is 5.82 Å². The van der Waals surface area contributed by atoms with E-state index in [0.29, 0.717) is 12.3 Å². The SMILES string of the molecule is CC(CC(=N)Cc1ccccc1)Cc1ccc(F)cc1. The summed E-state index contributed by atoms with van der Waals surface area (Å²) in [6.07, 6.45) is 2.39. The molecule has 1 unspecified atom stereocenters. The fraction of sp³-hybridized carbons (Fsp3) is 0.278. The van der Waals surface area contributed by atoms with Crippen molar-refractivity contribution in [3.8, 4) is 0 Å². The van der Waals surface area contributed by atoms with E-state index < -0.39 is 0 Å². The van der Waals surface area contributed by atoms with Crippen molar-refractivity contribution in [2.45, 2.75) is 26.2 Å². The van der Waals surface area contributed by atoms with Crippen molar-refractivity contribution in [1.82, 2.24) is 0 Å². The van der Waals surface area contributed by atoms with Gasteiger partial charge >= 0.3 is 0 Å². The van der Waals surface area contributed by atoms with Crippen molar-refractivity contribution in [3.63, 3.8) is 0 Å². The van der Waals surface area contributed by atoms with Crippen molar-refractivity contribution in [2.24, 2.45) is 5.92 Å². The van der Waals surface area contributed by atoms with E-state index in [-0.39, 0.29) is 5.82 Å². The lowest BCUT2D eigenvalue weighted by molar-refractivity contribution is 0.596. The van der Waals surface area contributed by atoms with Crippen molar-refractivity contribution in [1.29, 1.82) is 5.41 Å². The molecule has 0 fully saturated rings. The topological polar surface area (TPSA) is 23.9 Å². The molecule has 104 valence electrons. The van der Waals surface area contributed by atoms with Gasteiger partial charge in [-0.25, -0.2) is 4.39 Å². The Morgan fingerprint density at radius 2 is 1.65 bits per heavy atom. The summed E-state index contributed by atoms with van der Waals surface area (Å²) in [5.74, 6) is 0.204. The van der Waals surface area contributed by atoms with E-state index in [4.69, 9.17) is 5.41 Å². The summed E-state index contributed by atoms with van der Waals surface area (Å²) < 4.78 is 12.8. The van der Waals surface area contributed by atoms with E-state index in [1.54, 1.807) is 0 Å². The fourth-order valence-electron chi connectivity index (χ4n) is 2.43. The van der Waals surface area contributed by atoms with Crippen LogP contribution in [0.5, 0.6) is 0 Å². The number of hydrogen-bond donors (Lipinski definition) is 1. The highest BCUT2D eigenvalue weighted by Crippen LogP contribution is 2.14. The van der Waals surface area contributed by atoms with Crippen LogP contribution in [0.2, 0.25) is 0 Å². The number of halogens is 1. The summed E-state index contributed by atoms with van der Waals surface area (Å²) in [6.45, 7) is 2.14. The monoisotopic (exact) mass is 269 g/mol. The van der Waals surface area contributed by atoms with Gasteiger partial charge in [0.2, 0.25) is 0 Å². The zero-order valence-electron chi connectivity index (χ0n) is 11.8. The lowest BCUT2D eigenvalue weighted by Crippen LogP contribution is -2.09. The largest absolute Gasteiger partial charge is 0.309 e. The van der Waals surface area contributed by atoms with Crippen LogP contribution in [0.3, 0.4) is 0 Å². The summed E-state index contributed by atoms with van der Waals surface area (Å²) in [4.78, 5) is 0. The van der Waals surface area contributed by atoms with Crippen LogP contribution >= 0.6 is 0 Å². The van der Waals surface area contributed by atoms with E-state index in [1.165, 1.54) is 17.7 Å². The lowest BCUT2D eigenvalue weighted by atomic mass is 9.93. The minimum Gasteiger partial charge on any atom is -0.309 e. The van der Waals surface area contributed by atoms with Crippen molar-refractivity contribution < 1.29 is 4.39 Å². The molecule has 2 heteroatoms. The summed E-state index contributed by atoms with van der Waals surface area (Å²) in [7, 11) is 0. The van der Waals surface area contributed by atoms with Crippen LogP contribution < -0.4 is 0 Å². The molecule has 0 aliphatic carbocycles. The first-order valence-corrected chi connectivity index (χ1v) is 6.98. The van der Waals surface area contributed by atoms with Crippen molar-refractivity contribution in [2.75, 3.05) is 0 Å². The molecule has 0 bridgehead atoms. The molecule has 0 heterocycles. The van der Waals surface area contributed by atoms with Crippen LogP contribution in [0, 0.1) is 17.1 Å². The molecule has 2 rings (SSSR count). The van der Waals surface area contributed by atoms with E-state index in [9.17, 15) is 4.39 Å². The maximum absolute atomic E-state index is 12.8. The summed E-state index contributed by atoms with van der Waals surface area (Å²) >= 11 is 0. The predicted molar refractivity (Wildman–Crippen MR) is 81.8 cm³/mol. The van der Waals surface area contributed by atoms with Crippen LogP contribution in [-0.4, -0.2) is 5.71 Å². The third-order valence-corrected chi connectivity index (χ3v) is 3.35. The second-order valence-corrected chi connectivity index (χ2v) is 5.41. The Morgan fingerprint density at radius 1 is 1.00 bits per heavy atom. The Hall–Kier alpha value is -1.96. The van der Waals surface area contributed by atoms with Gasteiger partial charge in [-0.3, -0.25) is 0 Å². The predicted octanol–water partition coefficient (Wildman–Crippen LogP) is 4.66. The third kappa shape index (κ3) is 4.61. The molecular formula is C18H20FN. The Labute approximate surface area is 120 Å². The molecule has 0 saturated heterocycles. The number of rotatable bonds is 6. The maximum Gasteiger partial charge on any atom is 0.123 e. The van der Waals surface area contributed by atoms with Crippen LogP contribution in [0.25, 0.3) is 0 Å². The van der Waals surface area contributed by atoms with E-state index in [2.05, 4.69) is 19.1 Å². The quantitative estimate of drug-likeness (QED) is 0.738. The first-order valence-electron chi connectivity index (χ1n) is 6.98. The number of nitrogens with one attached hydrogen (secondary N) is 1. The van der Waals surface area contributed by atoms with Crippen molar-refractivity contribution >= 4 is 5.71 Å². The molecule has 0 saturated carbocycles. The van der Waals surface area contributed by atoms with Crippen molar-refractivity contribution in [3.05, 3.63) is 71.5 Å². The third-order valence-electron chi connectivity index (χ3n) is 3.35. The highest BCUT2D eigenvalue weighted by Gasteiger charge is 2.08. The summed E-state index contributed by atoms with van der Waals surface area (Å²) in [5, 5.41) is 8.10. The molecule has 2 aromatic rings. The van der Waals surface area contributed by atoms with Gasteiger partial charge in [-0.1, -0.05) is 49.4 Å². The van der Waals surface area contributed by atoms with Crippen LogP contribution in [0.15, 0.2) is 54.6 Å². The van der Waals surface area contributed by atoms with Gasteiger partial charge < -0.3 is 5.41 Å². The standard InChI is InChI=1S/C18H20FN/c1-14(11-16-7-9-17(19)10-8-16)12-18(20)13-15-5-3-2-4-6-15/h2-10,14,20H,11-13H2,1H3. The average Bonchev–Trinajstić information content (AvgIpc) is 2.42. The average molecular weight is 269 g/mol. The van der Waals surface area contributed by atoms with E-state index in [1.807, 2.05) is 30.3 Å². The Bertz CT molecular complexity index is 545. The molecule has 1 N–H and O–H groups in total. The molecular weight excluding hydrogens is 249 g/mol. The summed E-state index contributed by atoms with van der Waals surface area (Å²) in [6, 6.07) is 16.8.